The molecule has 0 aromatic heterocycles. The van der Waals surface area contributed by atoms with Crippen LogP contribution in [-0.4, -0.2) is 19.6 Å². The summed E-state index contributed by atoms with van der Waals surface area (Å²) in [7, 11) is -4.48. The third kappa shape index (κ3) is 25.0. The fourth-order valence-corrected chi connectivity index (χ4v) is 2.46. The molecule has 0 bridgehead atoms. The van der Waals surface area contributed by atoms with Gasteiger partial charge in [-0.2, -0.15) is 0 Å². The van der Waals surface area contributed by atoms with Crippen LogP contribution >= 0.6 is 0 Å². The Morgan fingerprint density at radius 1 is 0.708 bits per heavy atom. The first-order valence-corrected chi connectivity index (χ1v) is 10.00. The minimum atomic E-state index is -4.48. The van der Waals surface area contributed by atoms with Crippen LogP contribution < -0.4 is 51.4 Å². The SMILES string of the molecule is CCCCCCCCCCCCOS(=O)(=O)[O-].[K+].c1ccccc1. The van der Waals surface area contributed by atoms with E-state index in [0.29, 0.717) is 6.42 Å². The van der Waals surface area contributed by atoms with Crippen molar-refractivity contribution in [1.82, 2.24) is 0 Å². The molecule has 0 fully saturated rings. The maximum Gasteiger partial charge on any atom is 1.00 e. The van der Waals surface area contributed by atoms with Crippen LogP contribution in [-0.2, 0) is 14.6 Å². The van der Waals surface area contributed by atoms with Gasteiger partial charge in [0.2, 0.25) is 10.4 Å². The van der Waals surface area contributed by atoms with E-state index in [0.717, 1.165) is 12.8 Å². The van der Waals surface area contributed by atoms with E-state index in [1.165, 1.54) is 44.9 Å². The zero-order chi connectivity index (χ0) is 17.2. The van der Waals surface area contributed by atoms with Gasteiger partial charge < -0.3 is 4.55 Å². The number of benzene rings is 1. The smallest absolute Gasteiger partial charge is 0.726 e. The van der Waals surface area contributed by atoms with Crippen LogP contribution in [0.4, 0.5) is 0 Å². The zero-order valence-corrected chi connectivity index (χ0v) is 19.2. The van der Waals surface area contributed by atoms with Crippen molar-refractivity contribution in [2.45, 2.75) is 71.1 Å². The molecule has 134 valence electrons. The Balaban J connectivity index is 0. The van der Waals surface area contributed by atoms with Crippen molar-refractivity contribution >= 4 is 10.4 Å². The van der Waals surface area contributed by atoms with Crippen molar-refractivity contribution in [2.24, 2.45) is 0 Å². The Bertz CT molecular complexity index is 411. The Kier molecular flexibility index (Phi) is 22.5. The molecular weight excluding hydrogens is 351 g/mol. The van der Waals surface area contributed by atoms with E-state index in [4.69, 9.17) is 0 Å². The second-order valence-corrected chi connectivity index (χ2v) is 6.62. The molecule has 0 saturated carbocycles. The van der Waals surface area contributed by atoms with Crippen molar-refractivity contribution in [1.29, 1.82) is 0 Å². The Morgan fingerprint density at radius 3 is 1.38 bits per heavy atom. The quantitative estimate of drug-likeness (QED) is 0.240. The molecule has 0 radical (unpaired) electrons. The topological polar surface area (TPSA) is 66.4 Å². The molecule has 0 heterocycles. The summed E-state index contributed by atoms with van der Waals surface area (Å²) in [5, 5.41) is 0. The Hall–Kier alpha value is 0.726. The van der Waals surface area contributed by atoms with Crippen molar-refractivity contribution in [3.8, 4) is 0 Å². The molecular formula is C18H31KO4S. The summed E-state index contributed by atoms with van der Waals surface area (Å²) in [5.74, 6) is 0. The first-order valence-electron chi connectivity index (χ1n) is 8.66. The summed E-state index contributed by atoms with van der Waals surface area (Å²) >= 11 is 0. The minimum Gasteiger partial charge on any atom is -0.726 e. The molecule has 0 spiro atoms. The van der Waals surface area contributed by atoms with Crippen molar-refractivity contribution in [3.05, 3.63) is 36.4 Å². The number of unbranched alkanes of at least 4 members (excludes halogenated alkanes) is 9. The van der Waals surface area contributed by atoms with Gasteiger partial charge in [-0.05, 0) is 6.42 Å². The molecule has 0 atom stereocenters. The summed E-state index contributed by atoms with van der Waals surface area (Å²) in [4.78, 5) is 0. The average molecular weight is 383 g/mol. The average Bonchev–Trinajstić information content (AvgIpc) is 2.54. The van der Waals surface area contributed by atoms with Gasteiger partial charge in [0.1, 0.15) is 0 Å². The normalized spacial score (nSPS) is 10.4. The largest absolute Gasteiger partial charge is 1.00 e. The van der Waals surface area contributed by atoms with E-state index >= 15 is 0 Å². The van der Waals surface area contributed by atoms with Crippen molar-refractivity contribution in [2.75, 3.05) is 6.61 Å². The first-order chi connectivity index (χ1) is 11.1. The van der Waals surface area contributed by atoms with Crippen LogP contribution in [0.2, 0.25) is 0 Å². The molecule has 1 aromatic carbocycles. The molecule has 0 aliphatic rings. The van der Waals surface area contributed by atoms with Gasteiger partial charge in [-0.25, -0.2) is 8.42 Å². The molecule has 0 amide bonds. The van der Waals surface area contributed by atoms with E-state index < -0.39 is 10.4 Å². The molecule has 4 nitrogen and oxygen atoms in total. The van der Waals surface area contributed by atoms with Gasteiger partial charge in [0.05, 0.1) is 6.61 Å². The predicted octanol–water partition coefficient (Wildman–Crippen LogP) is 2.07. The summed E-state index contributed by atoms with van der Waals surface area (Å²) in [5.41, 5.74) is 0. The Labute approximate surface area is 191 Å². The van der Waals surface area contributed by atoms with Gasteiger partial charge in [0.15, 0.2) is 0 Å². The molecule has 0 saturated heterocycles. The van der Waals surface area contributed by atoms with Crippen LogP contribution in [0.15, 0.2) is 36.4 Å². The zero-order valence-electron chi connectivity index (χ0n) is 15.3. The first kappa shape index (κ1) is 27.0. The van der Waals surface area contributed by atoms with Crippen LogP contribution in [0.5, 0.6) is 0 Å². The molecule has 0 unspecified atom stereocenters. The van der Waals surface area contributed by atoms with Gasteiger partial charge in [-0.15, -0.1) is 0 Å². The standard InChI is InChI=1S/C12H26O4S.C6H6.K/c1-2-3-4-5-6-7-8-9-10-11-12-16-17(13,14)15;1-2-4-6-5-3-1;/h2-12H2,1H3,(H,13,14,15);1-6H;/q;;+1/p-1. The van der Waals surface area contributed by atoms with Crippen LogP contribution in [0, 0.1) is 0 Å². The van der Waals surface area contributed by atoms with Crippen LogP contribution in [0.25, 0.3) is 0 Å². The van der Waals surface area contributed by atoms with Gasteiger partial charge in [-0.1, -0.05) is 101 Å². The second-order valence-electron chi connectivity index (χ2n) is 5.57. The summed E-state index contributed by atoms with van der Waals surface area (Å²) in [6.07, 6.45) is 11.7. The minimum absolute atomic E-state index is 0. The maximum absolute atomic E-state index is 10.1. The van der Waals surface area contributed by atoms with E-state index in [2.05, 4.69) is 11.1 Å². The number of hydrogen-bond donors (Lipinski definition) is 0. The van der Waals surface area contributed by atoms with Gasteiger partial charge in [-0.3, -0.25) is 4.18 Å². The molecule has 1 aromatic rings. The third-order valence-corrected chi connectivity index (χ3v) is 3.85. The summed E-state index contributed by atoms with van der Waals surface area (Å²) in [6, 6.07) is 12.0. The monoisotopic (exact) mass is 382 g/mol. The second kappa shape index (κ2) is 20.0. The number of rotatable bonds is 12. The fourth-order valence-electron chi connectivity index (χ4n) is 2.14. The maximum atomic E-state index is 10.1. The molecule has 0 aliphatic carbocycles. The van der Waals surface area contributed by atoms with Gasteiger partial charge in [0, 0.05) is 0 Å². The molecule has 6 heteroatoms. The molecule has 24 heavy (non-hydrogen) atoms. The predicted molar refractivity (Wildman–Crippen MR) is 93.9 cm³/mol. The molecule has 0 N–H and O–H groups in total. The molecule has 0 aliphatic heterocycles. The van der Waals surface area contributed by atoms with E-state index in [1.807, 2.05) is 36.4 Å². The van der Waals surface area contributed by atoms with Crippen LogP contribution in [0.3, 0.4) is 0 Å². The van der Waals surface area contributed by atoms with Crippen molar-refractivity contribution in [3.63, 3.8) is 0 Å². The third-order valence-electron chi connectivity index (χ3n) is 3.39. The van der Waals surface area contributed by atoms with E-state index in [1.54, 1.807) is 0 Å². The fraction of sp³-hybridized carbons (Fsp3) is 0.667. The van der Waals surface area contributed by atoms with Crippen LogP contribution in [0.1, 0.15) is 71.1 Å². The summed E-state index contributed by atoms with van der Waals surface area (Å²) in [6.45, 7) is 2.24. The van der Waals surface area contributed by atoms with Crippen molar-refractivity contribution < 1.29 is 68.5 Å². The van der Waals surface area contributed by atoms with Gasteiger partial charge >= 0.3 is 51.4 Å². The summed E-state index contributed by atoms with van der Waals surface area (Å²) < 4.78 is 34.5. The van der Waals surface area contributed by atoms with Gasteiger partial charge in [0.25, 0.3) is 0 Å². The molecule has 1 rings (SSSR count). The Morgan fingerprint density at radius 2 is 1.04 bits per heavy atom. The van der Waals surface area contributed by atoms with E-state index in [-0.39, 0.29) is 58.0 Å². The van der Waals surface area contributed by atoms with E-state index in [9.17, 15) is 13.0 Å². The number of hydrogen-bond acceptors (Lipinski definition) is 4.